The number of aromatic nitrogens is 2. The van der Waals surface area contributed by atoms with E-state index in [1.54, 1.807) is 23.9 Å². The Hall–Kier alpha value is -2.02. The summed E-state index contributed by atoms with van der Waals surface area (Å²) in [7, 11) is 1.73. The van der Waals surface area contributed by atoms with Gasteiger partial charge in [0.1, 0.15) is 11.6 Å². The van der Waals surface area contributed by atoms with Crippen LogP contribution >= 0.6 is 15.9 Å². The molecule has 0 spiro atoms. The molecule has 2 aromatic rings. The van der Waals surface area contributed by atoms with Crippen LogP contribution in [0.5, 0.6) is 0 Å². The largest absolute Gasteiger partial charge is 0.299 e. The van der Waals surface area contributed by atoms with E-state index in [1.165, 1.54) is 6.07 Å². The van der Waals surface area contributed by atoms with Gasteiger partial charge in [0.05, 0.1) is 16.0 Å². The first kappa shape index (κ1) is 15.5. The minimum Gasteiger partial charge on any atom is -0.299 e. The van der Waals surface area contributed by atoms with Crippen molar-refractivity contribution in [1.29, 1.82) is 0 Å². The first-order valence-electron chi connectivity index (χ1n) is 7.81. The van der Waals surface area contributed by atoms with Gasteiger partial charge in [-0.1, -0.05) is 6.07 Å². The molecule has 1 aliphatic carbocycles. The molecule has 2 heterocycles. The predicted octanol–water partition coefficient (Wildman–Crippen LogP) is 3.20. The second-order valence-electron chi connectivity index (χ2n) is 6.29. The van der Waals surface area contributed by atoms with Crippen LogP contribution in [0.4, 0.5) is 10.2 Å². The minimum absolute atomic E-state index is 0.0966. The zero-order valence-corrected chi connectivity index (χ0v) is 14.6. The van der Waals surface area contributed by atoms with Crippen LogP contribution in [0.15, 0.2) is 32.5 Å². The molecular weight excluding hydrogens is 377 g/mol. The van der Waals surface area contributed by atoms with Gasteiger partial charge in [-0.3, -0.25) is 19.4 Å². The summed E-state index contributed by atoms with van der Waals surface area (Å²) in [5, 5.41) is 2.73. The molecule has 1 N–H and O–H groups in total. The van der Waals surface area contributed by atoms with Gasteiger partial charge in [0, 0.05) is 25.1 Å². The van der Waals surface area contributed by atoms with Gasteiger partial charge in [0.2, 0.25) is 0 Å². The molecule has 5 nitrogen and oxygen atoms in total. The number of carbonyl (C=O) groups is 1. The molecular formula is C17H15BrFN3O2. The normalized spacial score (nSPS) is 22.8. The van der Waals surface area contributed by atoms with E-state index >= 15 is 0 Å². The number of halogens is 2. The van der Waals surface area contributed by atoms with Gasteiger partial charge in [0.25, 0.3) is 5.56 Å². The summed E-state index contributed by atoms with van der Waals surface area (Å²) in [4.78, 5) is 29.7. The highest BCUT2D eigenvalue weighted by molar-refractivity contribution is 9.10. The number of H-pyrrole nitrogens is 1. The maximum atomic E-state index is 13.6. The van der Waals surface area contributed by atoms with E-state index in [1.807, 2.05) is 0 Å². The highest BCUT2D eigenvalue weighted by Gasteiger charge is 2.43. The quantitative estimate of drug-likeness (QED) is 0.810. The van der Waals surface area contributed by atoms with Crippen molar-refractivity contribution in [3.63, 3.8) is 0 Å². The van der Waals surface area contributed by atoms with Crippen LogP contribution in [0.1, 0.15) is 36.3 Å². The monoisotopic (exact) mass is 391 g/mol. The number of carbonyl (C=O) groups excluding carboxylic acids is 1. The number of Topliss-reactive ketones (excluding diaryl/α,β-unsaturated/α-hetero) is 1. The highest BCUT2D eigenvalue weighted by atomic mass is 79.9. The Kier molecular flexibility index (Phi) is 3.56. The van der Waals surface area contributed by atoms with Crippen LogP contribution in [-0.2, 0) is 11.8 Å². The molecule has 124 valence electrons. The molecule has 2 atom stereocenters. The summed E-state index contributed by atoms with van der Waals surface area (Å²) >= 11 is 3.20. The first-order valence-corrected chi connectivity index (χ1v) is 8.60. The van der Waals surface area contributed by atoms with Gasteiger partial charge in [0.15, 0.2) is 5.82 Å². The summed E-state index contributed by atoms with van der Waals surface area (Å²) in [6.07, 6.45) is 2.01. The lowest BCUT2D eigenvalue weighted by Crippen LogP contribution is -2.37. The van der Waals surface area contributed by atoms with Crippen molar-refractivity contribution in [2.24, 2.45) is 18.0 Å². The SMILES string of the molecule is Cn1[nH]c(=O)c2c1N=C1CCCC(=O)C1C2c1ccc(F)c(Br)c1. The third kappa shape index (κ3) is 2.22. The Morgan fingerprint density at radius 1 is 1.29 bits per heavy atom. The summed E-state index contributed by atoms with van der Waals surface area (Å²) in [6, 6.07) is 4.65. The summed E-state index contributed by atoms with van der Waals surface area (Å²) in [6.45, 7) is 0. The molecule has 0 bridgehead atoms. The van der Waals surface area contributed by atoms with Crippen molar-refractivity contribution in [2.45, 2.75) is 25.2 Å². The van der Waals surface area contributed by atoms with E-state index in [4.69, 9.17) is 0 Å². The van der Waals surface area contributed by atoms with Crippen molar-refractivity contribution in [3.05, 3.63) is 50.0 Å². The van der Waals surface area contributed by atoms with Crippen molar-refractivity contribution in [3.8, 4) is 0 Å². The van der Waals surface area contributed by atoms with Crippen LogP contribution in [0, 0.1) is 11.7 Å². The van der Waals surface area contributed by atoms with Gasteiger partial charge >= 0.3 is 0 Å². The summed E-state index contributed by atoms with van der Waals surface area (Å²) in [5.41, 5.74) is 1.80. The van der Waals surface area contributed by atoms with Gasteiger partial charge in [-0.15, -0.1) is 0 Å². The smallest absolute Gasteiger partial charge is 0.270 e. The maximum absolute atomic E-state index is 13.6. The number of rotatable bonds is 1. The topological polar surface area (TPSA) is 67.2 Å². The van der Waals surface area contributed by atoms with Crippen LogP contribution in [0.25, 0.3) is 0 Å². The second-order valence-corrected chi connectivity index (χ2v) is 7.14. The van der Waals surface area contributed by atoms with E-state index in [0.717, 1.165) is 24.1 Å². The maximum Gasteiger partial charge on any atom is 0.270 e. The first-order chi connectivity index (χ1) is 11.5. The van der Waals surface area contributed by atoms with Gasteiger partial charge < -0.3 is 0 Å². The Morgan fingerprint density at radius 3 is 2.83 bits per heavy atom. The number of hydrogen-bond acceptors (Lipinski definition) is 3. The molecule has 2 aliphatic rings. The molecule has 1 aromatic heterocycles. The molecule has 0 amide bonds. The Morgan fingerprint density at radius 2 is 2.08 bits per heavy atom. The third-order valence-electron chi connectivity index (χ3n) is 4.83. The highest BCUT2D eigenvalue weighted by Crippen LogP contribution is 2.44. The molecule has 1 fully saturated rings. The summed E-state index contributed by atoms with van der Waals surface area (Å²) in [5.74, 6) is -0.583. The zero-order chi connectivity index (χ0) is 17.0. The number of nitrogens with one attached hydrogen (secondary N) is 1. The molecule has 4 rings (SSSR count). The van der Waals surface area contributed by atoms with E-state index in [0.29, 0.717) is 22.3 Å². The summed E-state index contributed by atoms with van der Waals surface area (Å²) < 4.78 is 15.6. The lowest BCUT2D eigenvalue weighted by Gasteiger charge is -2.33. The molecule has 1 aromatic carbocycles. The van der Waals surface area contributed by atoms with Crippen LogP contribution in [-0.4, -0.2) is 21.3 Å². The van der Waals surface area contributed by atoms with Crippen LogP contribution in [0.3, 0.4) is 0 Å². The molecule has 1 aliphatic heterocycles. The number of hydrogen-bond donors (Lipinski definition) is 1. The standard InChI is InChI=1S/C17H15BrFN3O2/c1-22-16-15(17(24)21-22)13(8-5-6-10(19)9(18)7-8)14-11(20-16)3-2-4-12(14)23/h5-7,13-14H,2-4H2,1H3,(H,21,24). The molecule has 7 heteroatoms. The van der Waals surface area contributed by atoms with Crippen LogP contribution < -0.4 is 5.56 Å². The molecule has 1 saturated carbocycles. The van der Waals surface area contributed by atoms with Crippen molar-refractivity contribution >= 4 is 33.2 Å². The van der Waals surface area contributed by atoms with Crippen LogP contribution in [0.2, 0.25) is 0 Å². The molecule has 0 radical (unpaired) electrons. The van der Waals surface area contributed by atoms with Gasteiger partial charge in [-0.2, -0.15) is 0 Å². The minimum atomic E-state index is -0.438. The van der Waals surface area contributed by atoms with Crippen molar-refractivity contribution in [1.82, 2.24) is 9.78 Å². The fraction of sp³-hybridized carbons (Fsp3) is 0.353. The van der Waals surface area contributed by atoms with Gasteiger partial charge in [-0.05, 0) is 46.5 Å². The number of fused-ring (bicyclic) bond motifs is 2. The molecule has 2 unspecified atom stereocenters. The number of benzene rings is 1. The molecule has 24 heavy (non-hydrogen) atoms. The second kappa shape index (κ2) is 5.51. The lowest BCUT2D eigenvalue weighted by atomic mass is 9.70. The van der Waals surface area contributed by atoms with Crippen molar-refractivity contribution < 1.29 is 9.18 Å². The zero-order valence-electron chi connectivity index (χ0n) is 13.0. The fourth-order valence-electron chi connectivity index (χ4n) is 3.78. The van der Waals surface area contributed by atoms with E-state index in [-0.39, 0.29) is 17.2 Å². The number of aliphatic imine (C=N–C) groups is 1. The van der Waals surface area contributed by atoms with E-state index in [2.05, 4.69) is 26.0 Å². The number of aryl methyl sites for hydroxylation is 1. The number of ketones is 1. The molecule has 0 saturated heterocycles. The van der Waals surface area contributed by atoms with E-state index in [9.17, 15) is 14.0 Å². The Labute approximate surface area is 145 Å². The lowest BCUT2D eigenvalue weighted by molar-refractivity contribution is -0.121. The third-order valence-corrected chi connectivity index (χ3v) is 5.44. The average Bonchev–Trinajstić information content (AvgIpc) is 2.83. The Bertz CT molecular complexity index is 944. The van der Waals surface area contributed by atoms with Crippen molar-refractivity contribution in [2.75, 3.05) is 0 Å². The van der Waals surface area contributed by atoms with E-state index < -0.39 is 11.8 Å². The Balaban J connectivity index is 1.98. The number of aromatic amines is 1. The number of nitrogens with zero attached hydrogens (tertiary/aromatic N) is 2. The van der Waals surface area contributed by atoms with Gasteiger partial charge in [-0.25, -0.2) is 9.38 Å². The average molecular weight is 392 g/mol. The predicted molar refractivity (Wildman–Crippen MR) is 91.4 cm³/mol. The fourth-order valence-corrected chi connectivity index (χ4v) is 4.17.